The summed E-state index contributed by atoms with van der Waals surface area (Å²) < 4.78 is 7.60. The van der Waals surface area contributed by atoms with Crippen LogP contribution >= 0.6 is 11.7 Å². The lowest BCUT2D eigenvalue weighted by molar-refractivity contribution is -0.142. The minimum absolute atomic E-state index is 0.0203. The molecule has 0 unspecified atom stereocenters. The molecule has 0 saturated carbocycles. The average molecular weight is 241 g/mol. The fourth-order valence-corrected chi connectivity index (χ4v) is 2.28. The second kappa shape index (κ2) is 4.17. The standard InChI is InChI=1S/C9H11N3O3S/c1-5-3-12(4-6(5)9(14)15)8(13)7-2-10-16-11-7/h2,5-6H,3-4H2,1H3,(H,14,15)/t5-,6-/m1/s1. The summed E-state index contributed by atoms with van der Waals surface area (Å²) in [6.45, 7) is 2.56. The number of rotatable bonds is 2. The predicted molar refractivity (Wildman–Crippen MR) is 56.1 cm³/mol. The molecule has 0 radical (unpaired) electrons. The van der Waals surface area contributed by atoms with Crippen LogP contribution in [0.25, 0.3) is 0 Å². The highest BCUT2D eigenvalue weighted by molar-refractivity contribution is 6.99. The second-order valence-corrected chi connectivity index (χ2v) is 4.48. The van der Waals surface area contributed by atoms with Gasteiger partial charge in [-0.25, -0.2) is 0 Å². The van der Waals surface area contributed by atoms with E-state index < -0.39 is 11.9 Å². The highest BCUT2D eigenvalue weighted by atomic mass is 32.1. The van der Waals surface area contributed by atoms with Gasteiger partial charge in [-0.2, -0.15) is 8.75 Å². The smallest absolute Gasteiger partial charge is 0.308 e. The van der Waals surface area contributed by atoms with Crippen molar-refractivity contribution in [2.24, 2.45) is 11.8 Å². The zero-order chi connectivity index (χ0) is 11.7. The van der Waals surface area contributed by atoms with Gasteiger partial charge in [-0.15, -0.1) is 0 Å². The zero-order valence-electron chi connectivity index (χ0n) is 8.66. The third-order valence-corrected chi connectivity index (χ3v) is 3.28. The van der Waals surface area contributed by atoms with Crippen LogP contribution in [0.1, 0.15) is 17.4 Å². The van der Waals surface area contributed by atoms with Crippen LogP contribution in [0.15, 0.2) is 6.20 Å². The quantitative estimate of drug-likeness (QED) is 0.806. The molecule has 0 spiro atoms. The minimum Gasteiger partial charge on any atom is -0.481 e. The maximum Gasteiger partial charge on any atom is 0.308 e. The van der Waals surface area contributed by atoms with Gasteiger partial charge in [0.25, 0.3) is 5.91 Å². The zero-order valence-corrected chi connectivity index (χ0v) is 9.48. The summed E-state index contributed by atoms with van der Waals surface area (Å²) in [7, 11) is 0. The normalized spacial score (nSPS) is 24.7. The second-order valence-electron chi connectivity index (χ2n) is 3.92. The maximum atomic E-state index is 11.9. The SMILES string of the molecule is C[C@@H]1CN(C(=O)c2cnsn2)C[C@H]1C(=O)O. The number of carbonyl (C=O) groups is 2. The first-order chi connectivity index (χ1) is 7.59. The molecule has 1 amide bonds. The molecule has 0 aliphatic carbocycles. The van der Waals surface area contributed by atoms with Crippen LogP contribution in [0, 0.1) is 11.8 Å². The van der Waals surface area contributed by atoms with Crippen LogP contribution in [-0.4, -0.2) is 43.7 Å². The maximum absolute atomic E-state index is 11.9. The van der Waals surface area contributed by atoms with Crippen LogP contribution in [0.5, 0.6) is 0 Å². The highest BCUT2D eigenvalue weighted by Crippen LogP contribution is 2.24. The fraction of sp³-hybridized carbons (Fsp3) is 0.556. The molecule has 2 heterocycles. The number of amides is 1. The van der Waals surface area contributed by atoms with E-state index in [0.29, 0.717) is 12.2 Å². The van der Waals surface area contributed by atoms with Crippen LogP contribution in [0.3, 0.4) is 0 Å². The van der Waals surface area contributed by atoms with Crippen molar-refractivity contribution in [2.45, 2.75) is 6.92 Å². The summed E-state index contributed by atoms with van der Waals surface area (Å²) in [4.78, 5) is 24.3. The van der Waals surface area contributed by atoms with Crippen molar-refractivity contribution in [1.29, 1.82) is 0 Å². The monoisotopic (exact) mass is 241 g/mol. The number of nitrogens with zero attached hydrogens (tertiary/aromatic N) is 3. The number of hydrogen-bond donors (Lipinski definition) is 1. The summed E-state index contributed by atoms with van der Waals surface area (Å²) in [6.07, 6.45) is 1.41. The van der Waals surface area contributed by atoms with Gasteiger partial charge in [0, 0.05) is 13.1 Å². The molecule has 2 atom stereocenters. The molecule has 1 aromatic heterocycles. The molecule has 1 aromatic rings. The van der Waals surface area contributed by atoms with Crippen molar-refractivity contribution < 1.29 is 14.7 Å². The Morgan fingerprint density at radius 2 is 2.31 bits per heavy atom. The van der Waals surface area contributed by atoms with Crippen LogP contribution in [0.2, 0.25) is 0 Å². The Morgan fingerprint density at radius 3 is 2.81 bits per heavy atom. The lowest BCUT2D eigenvalue weighted by atomic mass is 9.99. The summed E-state index contributed by atoms with van der Waals surface area (Å²) in [5, 5.41) is 8.95. The van der Waals surface area contributed by atoms with Crippen LogP contribution in [-0.2, 0) is 4.79 Å². The molecule has 1 N–H and O–H groups in total. The van der Waals surface area contributed by atoms with Crippen molar-refractivity contribution >= 4 is 23.6 Å². The van der Waals surface area contributed by atoms with Gasteiger partial charge in [-0.3, -0.25) is 9.59 Å². The molecule has 1 fully saturated rings. The van der Waals surface area contributed by atoms with Crippen LogP contribution < -0.4 is 0 Å². The summed E-state index contributed by atoms with van der Waals surface area (Å²) in [6, 6.07) is 0. The first-order valence-electron chi connectivity index (χ1n) is 4.89. The summed E-state index contributed by atoms with van der Waals surface area (Å²) in [5.74, 6) is -1.58. The number of aliphatic carboxylic acids is 1. The fourth-order valence-electron chi connectivity index (χ4n) is 1.87. The van der Waals surface area contributed by atoms with Crippen molar-refractivity contribution in [3.63, 3.8) is 0 Å². The van der Waals surface area contributed by atoms with Gasteiger partial charge < -0.3 is 10.0 Å². The summed E-state index contributed by atoms with van der Waals surface area (Å²) >= 11 is 0.971. The van der Waals surface area contributed by atoms with E-state index in [9.17, 15) is 9.59 Å². The molecule has 6 nitrogen and oxygen atoms in total. The first-order valence-corrected chi connectivity index (χ1v) is 5.62. The lowest BCUT2D eigenvalue weighted by Gasteiger charge is -2.13. The van der Waals surface area contributed by atoms with Crippen LogP contribution in [0.4, 0.5) is 0 Å². The molecule has 2 rings (SSSR count). The van der Waals surface area contributed by atoms with Gasteiger partial charge >= 0.3 is 5.97 Å². The number of likely N-dealkylation sites (tertiary alicyclic amines) is 1. The lowest BCUT2D eigenvalue weighted by Crippen LogP contribution is -2.30. The number of hydrogen-bond acceptors (Lipinski definition) is 5. The van der Waals surface area contributed by atoms with E-state index in [-0.39, 0.29) is 18.4 Å². The Hall–Kier alpha value is -1.50. The molecular formula is C9H11N3O3S. The largest absolute Gasteiger partial charge is 0.481 e. The molecule has 86 valence electrons. The van der Waals surface area contributed by atoms with Crippen molar-refractivity contribution in [2.75, 3.05) is 13.1 Å². The number of carbonyl (C=O) groups excluding carboxylic acids is 1. The third-order valence-electron chi connectivity index (χ3n) is 2.80. The van der Waals surface area contributed by atoms with Crippen molar-refractivity contribution in [3.8, 4) is 0 Å². The van der Waals surface area contributed by atoms with E-state index in [1.807, 2.05) is 6.92 Å². The predicted octanol–water partition coefficient (Wildman–Crippen LogP) is 0.331. The van der Waals surface area contributed by atoms with Gasteiger partial charge in [-0.1, -0.05) is 6.92 Å². The van der Waals surface area contributed by atoms with Gasteiger partial charge in [-0.05, 0) is 5.92 Å². The van der Waals surface area contributed by atoms with Gasteiger partial charge in [0.15, 0.2) is 5.69 Å². The Labute approximate surface area is 96.2 Å². The van der Waals surface area contributed by atoms with E-state index in [1.165, 1.54) is 11.1 Å². The number of carboxylic acid groups (broad SMARTS) is 1. The molecule has 1 saturated heterocycles. The van der Waals surface area contributed by atoms with Crippen molar-refractivity contribution in [1.82, 2.24) is 13.6 Å². The first kappa shape index (κ1) is 11.0. The van der Waals surface area contributed by atoms with Gasteiger partial charge in [0.1, 0.15) is 0 Å². The number of carboxylic acids is 1. The van der Waals surface area contributed by atoms with E-state index in [1.54, 1.807) is 0 Å². The van der Waals surface area contributed by atoms with Gasteiger partial charge in [0.05, 0.1) is 23.8 Å². The third kappa shape index (κ3) is 1.90. The molecule has 1 aliphatic rings. The van der Waals surface area contributed by atoms with E-state index in [0.717, 1.165) is 11.7 Å². The molecule has 0 bridgehead atoms. The highest BCUT2D eigenvalue weighted by Gasteiger charge is 2.37. The van der Waals surface area contributed by atoms with Crippen molar-refractivity contribution in [3.05, 3.63) is 11.9 Å². The Balaban J connectivity index is 2.09. The van der Waals surface area contributed by atoms with E-state index in [4.69, 9.17) is 5.11 Å². The Bertz CT molecular complexity index is 406. The van der Waals surface area contributed by atoms with E-state index >= 15 is 0 Å². The minimum atomic E-state index is -0.848. The van der Waals surface area contributed by atoms with Gasteiger partial charge in [0.2, 0.25) is 0 Å². The topological polar surface area (TPSA) is 83.4 Å². The summed E-state index contributed by atoms with van der Waals surface area (Å²) in [5.41, 5.74) is 0.295. The molecule has 7 heteroatoms. The van der Waals surface area contributed by atoms with E-state index in [2.05, 4.69) is 8.75 Å². The molecule has 0 aromatic carbocycles. The molecule has 1 aliphatic heterocycles. The Morgan fingerprint density at radius 1 is 1.56 bits per heavy atom. The molecule has 16 heavy (non-hydrogen) atoms. The average Bonchev–Trinajstić information content (AvgIpc) is 2.84. The Kier molecular flexibility index (Phi) is 2.86. The molecular weight excluding hydrogens is 230 g/mol. The number of aromatic nitrogens is 2.